The second kappa shape index (κ2) is 10.1. The van der Waals surface area contributed by atoms with Crippen molar-refractivity contribution in [1.82, 2.24) is 19.9 Å². The van der Waals surface area contributed by atoms with E-state index in [4.69, 9.17) is 11.5 Å². The SMILES string of the molecule is C#C[C@H]1CN(c2ccc(F)cn2)CCN1c1ncc(NC(=O)c2ccc(N3CC(CO)C3)nc2)cn1. The van der Waals surface area contributed by atoms with Crippen LogP contribution in [0.25, 0.3) is 0 Å². The zero-order valence-electron chi connectivity index (χ0n) is 19.5. The molecule has 2 N–H and O–H groups in total. The Kier molecular flexibility index (Phi) is 6.60. The Hall–Kier alpha value is -4.30. The summed E-state index contributed by atoms with van der Waals surface area (Å²) >= 11 is 0. The lowest BCUT2D eigenvalue weighted by atomic mass is 10.0. The number of aromatic nitrogens is 4. The van der Waals surface area contributed by atoms with Crippen molar-refractivity contribution in [1.29, 1.82) is 0 Å². The van der Waals surface area contributed by atoms with Gasteiger partial charge in [0.15, 0.2) is 0 Å². The zero-order valence-corrected chi connectivity index (χ0v) is 19.5. The molecule has 10 nitrogen and oxygen atoms in total. The maximum absolute atomic E-state index is 13.2. The molecule has 0 radical (unpaired) electrons. The number of anilines is 4. The minimum atomic E-state index is -0.386. The number of piperazine rings is 1. The van der Waals surface area contributed by atoms with Gasteiger partial charge in [-0.05, 0) is 24.3 Å². The first-order valence-corrected chi connectivity index (χ1v) is 11.6. The highest BCUT2D eigenvalue weighted by atomic mass is 19.1. The zero-order chi connectivity index (χ0) is 25.1. The van der Waals surface area contributed by atoms with Crippen LogP contribution in [-0.2, 0) is 0 Å². The number of terminal acetylenes is 1. The van der Waals surface area contributed by atoms with Crippen molar-refractivity contribution in [3.05, 3.63) is 60.4 Å². The molecular weight excluding hydrogens is 463 g/mol. The highest BCUT2D eigenvalue weighted by Gasteiger charge is 2.29. The molecule has 0 bridgehead atoms. The number of aliphatic hydroxyl groups excluding tert-OH is 1. The van der Waals surface area contributed by atoms with Crippen LogP contribution in [0.4, 0.5) is 27.7 Å². The predicted octanol–water partition coefficient (Wildman–Crippen LogP) is 1.41. The fourth-order valence-electron chi connectivity index (χ4n) is 4.25. The van der Waals surface area contributed by atoms with Gasteiger partial charge >= 0.3 is 0 Å². The highest BCUT2D eigenvalue weighted by molar-refractivity contribution is 6.04. The quantitative estimate of drug-likeness (QED) is 0.498. The van der Waals surface area contributed by atoms with Crippen LogP contribution >= 0.6 is 0 Å². The van der Waals surface area contributed by atoms with Crippen molar-refractivity contribution in [2.24, 2.45) is 5.92 Å². The summed E-state index contributed by atoms with van der Waals surface area (Å²) in [5, 5.41) is 11.9. The summed E-state index contributed by atoms with van der Waals surface area (Å²) in [6, 6.07) is 6.22. The van der Waals surface area contributed by atoms with Crippen LogP contribution in [0.1, 0.15) is 10.4 Å². The number of nitrogens with one attached hydrogen (secondary N) is 1. The van der Waals surface area contributed by atoms with E-state index in [1.54, 1.807) is 30.6 Å². The first kappa shape index (κ1) is 23.4. The molecule has 2 saturated heterocycles. The number of hydrogen-bond acceptors (Lipinski definition) is 9. The Bertz CT molecular complexity index is 1240. The Morgan fingerprint density at radius 1 is 1.00 bits per heavy atom. The van der Waals surface area contributed by atoms with Gasteiger partial charge in [0.1, 0.15) is 23.5 Å². The minimum Gasteiger partial charge on any atom is -0.396 e. The molecule has 5 rings (SSSR count). The molecule has 2 fully saturated rings. The van der Waals surface area contributed by atoms with E-state index in [9.17, 15) is 9.18 Å². The molecule has 184 valence electrons. The summed E-state index contributed by atoms with van der Waals surface area (Å²) in [6.07, 6.45) is 11.6. The number of carbonyl (C=O) groups excluding carboxylic acids is 1. The molecule has 36 heavy (non-hydrogen) atoms. The monoisotopic (exact) mass is 488 g/mol. The molecule has 1 amide bonds. The molecule has 0 aliphatic carbocycles. The van der Waals surface area contributed by atoms with Gasteiger partial charge in [0.05, 0.1) is 36.4 Å². The molecule has 1 atom stereocenters. The first-order valence-electron chi connectivity index (χ1n) is 11.6. The number of carbonyl (C=O) groups is 1. The van der Waals surface area contributed by atoms with Gasteiger partial charge in [-0.15, -0.1) is 6.42 Å². The standard InChI is InChI=1S/C25H25FN8O2/c1-2-21-15-32(22-6-4-19(26)10-28-22)7-8-34(21)25-29-11-20(12-30-25)31-24(36)18-3-5-23(27-9-18)33-13-17(14-33)16-35/h1,3-6,9-12,17,21,35H,7-8,13-16H2,(H,31,36)/t21-/m0/s1. The van der Waals surface area contributed by atoms with Crippen molar-refractivity contribution in [3.8, 4) is 12.3 Å². The van der Waals surface area contributed by atoms with E-state index in [-0.39, 0.29) is 30.3 Å². The Morgan fingerprint density at radius 2 is 1.72 bits per heavy atom. The minimum absolute atomic E-state index is 0.172. The van der Waals surface area contributed by atoms with Crippen molar-refractivity contribution < 1.29 is 14.3 Å². The van der Waals surface area contributed by atoms with Crippen molar-refractivity contribution >= 4 is 29.2 Å². The summed E-state index contributed by atoms with van der Waals surface area (Å²) < 4.78 is 13.2. The molecule has 2 aliphatic rings. The second-order valence-corrected chi connectivity index (χ2v) is 8.74. The maximum atomic E-state index is 13.2. The highest BCUT2D eigenvalue weighted by Crippen LogP contribution is 2.23. The van der Waals surface area contributed by atoms with E-state index in [0.29, 0.717) is 42.7 Å². The van der Waals surface area contributed by atoms with Gasteiger partial charge in [-0.25, -0.2) is 24.3 Å². The van der Waals surface area contributed by atoms with E-state index in [0.717, 1.165) is 18.9 Å². The lowest BCUT2D eigenvalue weighted by Gasteiger charge is -2.39. The lowest BCUT2D eigenvalue weighted by Crippen LogP contribution is -2.53. The number of amides is 1. The number of halogens is 1. The number of hydrogen-bond donors (Lipinski definition) is 2. The van der Waals surface area contributed by atoms with Crippen LogP contribution in [0.2, 0.25) is 0 Å². The molecular formula is C25H25FN8O2. The fourth-order valence-corrected chi connectivity index (χ4v) is 4.25. The van der Waals surface area contributed by atoms with Crippen LogP contribution in [0, 0.1) is 24.1 Å². The van der Waals surface area contributed by atoms with Gasteiger partial charge in [0, 0.05) is 44.9 Å². The Morgan fingerprint density at radius 3 is 2.36 bits per heavy atom. The third-order valence-electron chi connectivity index (χ3n) is 6.31. The Labute approximate surface area is 207 Å². The maximum Gasteiger partial charge on any atom is 0.257 e. The number of rotatable bonds is 6. The summed E-state index contributed by atoms with van der Waals surface area (Å²) in [5.74, 6) is 4.25. The molecule has 0 unspecified atom stereocenters. The largest absolute Gasteiger partial charge is 0.396 e. The summed E-state index contributed by atoms with van der Waals surface area (Å²) in [6.45, 7) is 3.38. The Balaban J connectivity index is 1.19. The van der Waals surface area contributed by atoms with Gasteiger partial charge in [0.2, 0.25) is 5.95 Å². The summed E-state index contributed by atoms with van der Waals surface area (Å²) in [7, 11) is 0. The van der Waals surface area contributed by atoms with E-state index in [1.807, 2.05) is 9.80 Å². The van der Waals surface area contributed by atoms with Gasteiger partial charge in [-0.3, -0.25) is 4.79 Å². The summed E-state index contributed by atoms with van der Waals surface area (Å²) in [4.78, 5) is 35.9. The predicted molar refractivity (Wildman–Crippen MR) is 133 cm³/mol. The van der Waals surface area contributed by atoms with Crippen LogP contribution in [0.5, 0.6) is 0 Å². The molecule has 2 aliphatic heterocycles. The van der Waals surface area contributed by atoms with Gasteiger partial charge in [-0.2, -0.15) is 0 Å². The topological polar surface area (TPSA) is 111 Å². The summed E-state index contributed by atoms with van der Waals surface area (Å²) in [5.41, 5.74) is 0.868. The molecule has 3 aromatic rings. The van der Waals surface area contributed by atoms with Crippen LogP contribution in [-0.4, -0.2) is 76.3 Å². The van der Waals surface area contributed by atoms with E-state index in [1.165, 1.54) is 18.5 Å². The van der Waals surface area contributed by atoms with Crippen molar-refractivity contribution in [3.63, 3.8) is 0 Å². The number of aliphatic hydroxyl groups is 1. The van der Waals surface area contributed by atoms with E-state index in [2.05, 4.69) is 36.1 Å². The normalized spacial score (nSPS) is 17.9. The number of pyridine rings is 2. The third-order valence-corrected chi connectivity index (χ3v) is 6.31. The lowest BCUT2D eigenvalue weighted by molar-refractivity contribution is 0.102. The molecule has 0 saturated carbocycles. The van der Waals surface area contributed by atoms with Crippen molar-refractivity contribution in [2.75, 3.05) is 59.3 Å². The molecule has 0 aromatic carbocycles. The molecule has 11 heteroatoms. The van der Waals surface area contributed by atoms with E-state index < -0.39 is 0 Å². The number of nitrogens with zero attached hydrogens (tertiary/aromatic N) is 7. The molecule has 5 heterocycles. The molecule has 3 aromatic heterocycles. The smallest absolute Gasteiger partial charge is 0.257 e. The molecule has 0 spiro atoms. The van der Waals surface area contributed by atoms with Crippen molar-refractivity contribution in [2.45, 2.75) is 6.04 Å². The van der Waals surface area contributed by atoms with Crippen LogP contribution < -0.4 is 20.0 Å². The van der Waals surface area contributed by atoms with Crippen LogP contribution in [0.3, 0.4) is 0 Å². The van der Waals surface area contributed by atoms with Gasteiger partial charge in [0.25, 0.3) is 5.91 Å². The van der Waals surface area contributed by atoms with Gasteiger partial charge in [-0.1, -0.05) is 5.92 Å². The first-order chi connectivity index (χ1) is 17.5. The fraction of sp³-hybridized carbons (Fsp3) is 0.320. The van der Waals surface area contributed by atoms with E-state index >= 15 is 0 Å². The van der Waals surface area contributed by atoms with Gasteiger partial charge < -0.3 is 25.1 Å². The third kappa shape index (κ3) is 4.89. The average Bonchev–Trinajstić information content (AvgIpc) is 2.89. The second-order valence-electron chi connectivity index (χ2n) is 8.74. The van der Waals surface area contributed by atoms with Crippen LogP contribution in [0.15, 0.2) is 49.1 Å². The average molecular weight is 489 g/mol.